The molecule has 1 aliphatic rings. The lowest BCUT2D eigenvalue weighted by molar-refractivity contribution is -0.264. The summed E-state index contributed by atoms with van der Waals surface area (Å²) in [6.45, 7) is 4.38. The summed E-state index contributed by atoms with van der Waals surface area (Å²) in [6, 6.07) is 5.09. The summed E-state index contributed by atoms with van der Waals surface area (Å²) in [6.07, 6.45) is -10.0. The number of hydrogen-bond donors (Lipinski definition) is 0. The van der Waals surface area contributed by atoms with Crippen LogP contribution in [0.3, 0.4) is 0 Å². The quantitative estimate of drug-likeness (QED) is 0.294. The average Bonchev–Trinajstić information content (AvgIpc) is 2.88. The van der Waals surface area contributed by atoms with Gasteiger partial charge in [-0.2, -0.15) is 8.36 Å². The number of ether oxygens (including phenoxy) is 5. The van der Waals surface area contributed by atoms with E-state index in [0.717, 1.165) is 40.0 Å². The second-order valence-electron chi connectivity index (χ2n) is 8.74. The Labute approximate surface area is 231 Å². The topological polar surface area (TPSA) is 193 Å². The molecular formula is C24H25FN2O13S. The van der Waals surface area contributed by atoms with Crippen LogP contribution in [-0.4, -0.2) is 72.4 Å². The van der Waals surface area contributed by atoms with Gasteiger partial charge in [0, 0.05) is 20.8 Å². The second-order valence-corrected chi connectivity index (χ2v) is 10.6. The molecule has 17 heteroatoms. The highest BCUT2D eigenvalue weighted by Crippen LogP contribution is 2.34. The first-order valence-corrected chi connectivity index (χ1v) is 13.1. The van der Waals surface area contributed by atoms with Crippen molar-refractivity contribution in [3.63, 3.8) is 0 Å². The van der Waals surface area contributed by atoms with E-state index in [2.05, 4.69) is 4.74 Å². The first-order chi connectivity index (χ1) is 19.1. The van der Waals surface area contributed by atoms with Crippen molar-refractivity contribution in [1.82, 2.24) is 8.54 Å². The summed E-state index contributed by atoms with van der Waals surface area (Å²) in [5.41, 5.74) is -2.78. The number of nitrogens with zero attached hydrogens (tertiary/aromatic N) is 2. The van der Waals surface area contributed by atoms with E-state index in [1.807, 2.05) is 0 Å². The molecule has 5 atom stereocenters. The van der Waals surface area contributed by atoms with Crippen molar-refractivity contribution < 1.29 is 55.7 Å². The Morgan fingerprint density at radius 3 is 1.90 bits per heavy atom. The Morgan fingerprint density at radius 1 is 0.878 bits per heavy atom. The number of halogens is 1. The summed E-state index contributed by atoms with van der Waals surface area (Å²) in [5, 5.41) is 0. The van der Waals surface area contributed by atoms with Crippen LogP contribution in [0.15, 0.2) is 44.9 Å². The van der Waals surface area contributed by atoms with Crippen LogP contribution < -0.4 is 11.2 Å². The van der Waals surface area contributed by atoms with Gasteiger partial charge in [-0.25, -0.2) is 22.6 Å². The minimum absolute atomic E-state index is 0.0644. The molecular weight excluding hydrogens is 575 g/mol. The van der Waals surface area contributed by atoms with Crippen LogP contribution in [-0.2, 0) is 52.9 Å². The molecule has 1 fully saturated rings. The van der Waals surface area contributed by atoms with Crippen LogP contribution in [0.2, 0.25) is 0 Å². The highest BCUT2D eigenvalue weighted by atomic mass is 32.2. The van der Waals surface area contributed by atoms with E-state index < -0.39 is 86.5 Å². The summed E-state index contributed by atoms with van der Waals surface area (Å²) >= 11 is 0. The molecule has 0 N–H and O–H groups in total. The fourth-order valence-corrected chi connectivity index (χ4v) is 5.28. The Kier molecular flexibility index (Phi) is 9.13. The summed E-state index contributed by atoms with van der Waals surface area (Å²) in [4.78, 5) is 74.6. The predicted octanol–water partition coefficient (Wildman–Crippen LogP) is -0.440. The maximum Gasteiger partial charge on any atom is 0.347 e. The van der Waals surface area contributed by atoms with Gasteiger partial charge < -0.3 is 23.7 Å². The SMILES string of the molecule is COC(=O)[C@H]1O[C@@H](n2c(=O)c(F)cn(S(=O)(=O)c3ccc(C)cc3)c2=O)[C@H](OC(C)=O)[C@@H](OC(C)=O)[C@@H]1OC(C)=O. The van der Waals surface area contributed by atoms with E-state index in [4.69, 9.17) is 18.9 Å². The van der Waals surface area contributed by atoms with Crippen molar-refractivity contribution in [1.29, 1.82) is 0 Å². The fraction of sp³-hybridized carbons (Fsp3) is 0.417. The van der Waals surface area contributed by atoms with Crippen LogP contribution in [0.1, 0.15) is 32.6 Å². The number of benzene rings is 1. The molecule has 0 amide bonds. The zero-order chi connectivity index (χ0) is 30.8. The fourth-order valence-electron chi connectivity index (χ4n) is 4.05. The van der Waals surface area contributed by atoms with Crippen molar-refractivity contribution in [2.24, 2.45) is 0 Å². The van der Waals surface area contributed by atoms with Crippen molar-refractivity contribution in [3.8, 4) is 0 Å². The number of hydrogen-bond acceptors (Lipinski definition) is 13. The first-order valence-electron chi connectivity index (χ1n) is 11.7. The van der Waals surface area contributed by atoms with Crippen LogP contribution in [0.25, 0.3) is 0 Å². The third-order valence-corrected chi connectivity index (χ3v) is 7.38. The molecule has 3 rings (SSSR count). The van der Waals surface area contributed by atoms with Gasteiger partial charge in [0.05, 0.1) is 18.2 Å². The molecule has 0 radical (unpaired) electrons. The lowest BCUT2D eigenvalue weighted by Gasteiger charge is -2.43. The molecule has 0 unspecified atom stereocenters. The zero-order valence-corrected chi connectivity index (χ0v) is 23.1. The average molecular weight is 601 g/mol. The number of aryl methyl sites for hydroxylation is 1. The van der Waals surface area contributed by atoms with Crippen molar-refractivity contribution in [2.45, 2.75) is 63.2 Å². The van der Waals surface area contributed by atoms with E-state index >= 15 is 0 Å². The molecule has 1 aliphatic heterocycles. The van der Waals surface area contributed by atoms with Gasteiger partial charge in [-0.15, -0.1) is 0 Å². The van der Waals surface area contributed by atoms with Crippen LogP contribution >= 0.6 is 0 Å². The Hall–Kier alpha value is -4.38. The zero-order valence-electron chi connectivity index (χ0n) is 22.3. The van der Waals surface area contributed by atoms with Crippen LogP contribution in [0.4, 0.5) is 4.39 Å². The van der Waals surface area contributed by atoms with Crippen molar-refractivity contribution in [2.75, 3.05) is 7.11 Å². The number of carbonyl (C=O) groups is 4. The van der Waals surface area contributed by atoms with Crippen molar-refractivity contribution >= 4 is 33.9 Å². The molecule has 1 aromatic carbocycles. The highest BCUT2D eigenvalue weighted by molar-refractivity contribution is 7.90. The summed E-state index contributed by atoms with van der Waals surface area (Å²) < 4.78 is 67.0. The summed E-state index contributed by atoms with van der Waals surface area (Å²) in [7, 11) is -3.92. The molecule has 2 heterocycles. The standard InChI is InChI=1S/C24H25FN2O13S/c1-11-6-8-15(9-7-11)41(34,35)26-10-16(25)21(31)27(24(26)33)22-19(39-14(4)30)17(37-12(2)28)18(38-13(3)29)20(40-22)23(32)36-5/h6-10,17-20,22H,1-5H3/t17-,18-,19+,20-,22+/m0/s1. The molecule has 0 bridgehead atoms. The normalized spacial score (nSPS) is 22.3. The smallest absolute Gasteiger partial charge is 0.347 e. The number of esters is 4. The number of methoxy groups -OCH3 is 1. The van der Waals surface area contributed by atoms with Gasteiger partial charge >= 0.3 is 29.6 Å². The third kappa shape index (κ3) is 6.35. The maximum absolute atomic E-state index is 15.0. The van der Waals surface area contributed by atoms with E-state index in [-0.39, 0.29) is 14.7 Å². The van der Waals surface area contributed by atoms with Gasteiger partial charge in [0.2, 0.25) is 5.82 Å². The van der Waals surface area contributed by atoms with E-state index in [9.17, 15) is 41.6 Å². The Balaban J connectivity index is 2.34. The molecule has 15 nitrogen and oxygen atoms in total. The van der Waals surface area contributed by atoms with E-state index in [1.165, 1.54) is 12.1 Å². The minimum atomic E-state index is -4.83. The van der Waals surface area contributed by atoms with E-state index in [1.54, 1.807) is 6.92 Å². The number of carbonyl (C=O) groups excluding carboxylic acids is 4. The molecule has 222 valence electrons. The molecule has 0 spiro atoms. The third-order valence-electron chi connectivity index (χ3n) is 5.73. The second kappa shape index (κ2) is 12.0. The van der Waals surface area contributed by atoms with Crippen LogP contribution in [0.5, 0.6) is 0 Å². The van der Waals surface area contributed by atoms with Gasteiger partial charge in [0.15, 0.2) is 30.6 Å². The number of rotatable bonds is 7. The highest BCUT2D eigenvalue weighted by Gasteiger charge is 2.56. The van der Waals surface area contributed by atoms with Gasteiger partial charge in [-0.05, 0) is 19.1 Å². The van der Waals surface area contributed by atoms with E-state index in [0.29, 0.717) is 5.56 Å². The van der Waals surface area contributed by atoms with Gasteiger partial charge in [-0.3, -0.25) is 19.2 Å². The Bertz CT molecular complexity index is 1600. The lowest BCUT2D eigenvalue weighted by atomic mass is 9.96. The maximum atomic E-state index is 15.0. The molecule has 41 heavy (non-hydrogen) atoms. The minimum Gasteiger partial charge on any atom is -0.467 e. The molecule has 0 aliphatic carbocycles. The molecule has 1 aromatic heterocycles. The van der Waals surface area contributed by atoms with Gasteiger partial charge in [0.25, 0.3) is 15.6 Å². The van der Waals surface area contributed by atoms with Crippen LogP contribution in [0, 0.1) is 12.7 Å². The number of aromatic nitrogens is 2. The monoisotopic (exact) mass is 600 g/mol. The van der Waals surface area contributed by atoms with Crippen molar-refractivity contribution in [3.05, 3.63) is 62.7 Å². The lowest BCUT2D eigenvalue weighted by Crippen LogP contribution is -2.64. The largest absolute Gasteiger partial charge is 0.467 e. The van der Waals surface area contributed by atoms with Gasteiger partial charge in [-0.1, -0.05) is 17.7 Å². The Morgan fingerprint density at radius 2 is 1.39 bits per heavy atom. The van der Waals surface area contributed by atoms with Gasteiger partial charge in [0.1, 0.15) is 0 Å². The molecule has 0 saturated carbocycles. The predicted molar refractivity (Wildman–Crippen MR) is 131 cm³/mol. The first kappa shape index (κ1) is 31.2. The molecule has 2 aromatic rings. The summed E-state index contributed by atoms with van der Waals surface area (Å²) in [5.74, 6) is -6.20. The molecule has 1 saturated heterocycles.